The van der Waals surface area contributed by atoms with Crippen LogP contribution in [0.2, 0.25) is 0 Å². The molecule has 0 aliphatic carbocycles. The van der Waals surface area contributed by atoms with Crippen molar-refractivity contribution in [2.75, 3.05) is 13.2 Å². The number of halogens is 1. The lowest BCUT2D eigenvalue weighted by Crippen LogP contribution is -2.17. The van der Waals surface area contributed by atoms with Crippen molar-refractivity contribution < 1.29 is 18.7 Å². The summed E-state index contributed by atoms with van der Waals surface area (Å²) in [6, 6.07) is 9.36. The maximum Gasteiger partial charge on any atom is 0.279 e. The first-order valence-electron chi connectivity index (χ1n) is 7.93. The number of nitrogens with zero attached hydrogens (tertiary/aromatic N) is 2. The van der Waals surface area contributed by atoms with E-state index in [0.717, 1.165) is 10.2 Å². The first-order valence-corrected chi connectivity index (χ1v) is 8.75. The summed E-state index contributed by atoms with van der Waals surface area (Å²) in [6.07, 6.45) is 0. The van der Waals surface area contributed by atoms with E-state index in [1.807, 2.05) is 23.6 Å². The highest BCUT2D eigenvalue weighted by Crippen LogP contribution is 2.35. The van der Waals surface area contributed by atoms with Gasteiger partial charge < -0.3 is 14.0 Å². The third kappa shape index (κ3) is 2.91. The zero-order valence-corrected chi connectivity index (χ0v) is 14.3. The Morgan fingerprint density at radius 2 is 2.00 bits per heavy atom. The summed E-state index contributed by atoms with van der Waals surface area (Å²) < 4.78 is 27.5. The molecule has 3 aromatic rings. The lowest BCUT2D eigenvalue weighted by atomic mass is 10.2. The van der Waals surface area contributed by atoms with E-state index in [9.17, 15) is 9.18 Å². The first kappa shape index (κ1) is 15.8. The van der Waals surface area contributed by atoms with Gasteiger partial charge in [-0.2, -0.15) is 4.99 Å². The van der Waals surface area contributed by atoms with E-state index >= 15 is 0 Å². The molecule has 5 nitrogen and oxygen atoms in total. The molecule has 128 valence electrons. The van der Waals surface area contributed by atoms with Crippen LogP contribution in [0, 0.1) is 5.82 Å². The quantitative estimate of drug-likeness (QED) is 0.706. The zero-order chi connectivity index (χ0) is 17.4. The third-order valence-corrected chi connectivity index (χ3v) is 4.97. The summed E-state index contributed by atoms with van der Waals surface area (Å²) in [7, 11) is 0. The van der Waals surface area contributed by atoms with Gasteiger partial charge in [0.1, 0.15) is 19.0 Å². The normalized spacial score (nSPS) is 14.1. The van der Waals surface area contributed by atoms with E-state index in [1.54, 1.807) is 6.07 Å². The van der Waals surface area contributed by atoms with Gasteiger partial charge in [-0.1, -0.05) is 17.4 Å². The fraction of sp³-hybridized carbons (Fsp3) is 0.222. The van der Waals surface area contributed by atoms with Crippen molar-refractivity contribution in [2.24, 2.45) is 4.99 Å². The van der Waals surface area contributed by atoms with Crippen LogP contribution in [0.15, 0.2) is 41.4 Å². The molecule has 0 fully saturated rings. The maximum absolute atomic E-state index is 13.3. The number of rotatable bonds is 2. The topological polar surface area (TPSA) is 52.8 Å². The number of hydrogen-bond acceptors (Lipinski definition) is 4. The van der Waals surface area contributed by atoms with Gasteiger partial charge in [-0.05, 0) is 25.1 Å². The number of ether oxygens (including phenoxy) is 2. The van der Waals surface area contributed by atoms with E-state index < -0.39 is 11.7 Å². The summed E-state index contributed by atoms with van der Waals surface area (Å²) in [6.45, 7) is 3.67. The Balaban J connectivity index is 1.85. The van der Waals surface area contributed by atoms with Gasteiger partial charge in [0.25, 0.3) is 5.91 Å². The van der Waals surface area contributed by atoms with Gasteiger partial charge in [-0.3, -0.25) is 4.79 Å². The average molecular weight is 358 g/mol. The summed E-state index contributed by atoms with van der Waals surface area (Å²) in [5.41, 5.74) is 1.16. The SMILES string of the molecule is CCn1c(=NC(=O)c2cccc(F)c2)sc2cc3c(cc21)OCCO3. The molecule has 1 aliphatic rings. The Bertz CT molecular complexity index is 1040. The molecule has 0 saturated heterocycles. The Labute approximate surface area is 147 Å². The largest absolute Gasteiger partial charge is 0.486 e. The number of aromatic nitrogens is 1. The number of hydrogen-bond donors (Lipinski definition) is 0. The van der Waals surface area contributed by atoms with Crippen LogP contribution in [0.3, 0.4) is 0 Å². The summed E-state index contributed by atoms with van der Waals surface area (Å²) in [5.74, 6) is 0.473. The molecule has 0 spiro atoms. The molecule has 0 saturated carbocycles. The molecular formula is C18H15FN2O3S. The van der Waals surface area contributed by atoms with Crippen LogP contribution in [0.5, 0.6) is 11.5 Å². The molecule has 4 rings (SSSR count). The average Bonchev–Trinajstić information content (AvgIpc) is 2.95. The highest BCUT2D eigenvalue weighted by Gasteiger charge is 2.16. The van der Waals surface area contributed by atoms with Crippen molar-refractivity contribution in [3.8, 4) is 11.5 Å². The van der Waals surface area contributed by atoms with Crippen molar-refractivity contribution in [3.63, 3.8) is 0 Å². The number of fused-ring (bicyclic) bond motifs is 2. The molecule has 0 atom stereocenters. The van der Waals surface area contributed by atoms with Gasteiger partial charge >= 0.3 is 0 Å². The second-order valence-corrected chi connectivity index (χ2v) is 6.53. The highest BCUT2D eigenvalue weighted by atomic mass is 32.1. The van der Waals surface area contributed by atoms with E-state index in [2.05, 4.69) is 4.99 Å². The fourth-order valence-electron chi connectivity index (χ4n) is 2.77. The van der Waals surface area contributed by atoms with Crippen LogP contribution in [-0.4, -0.2) is 23.7 Å². The molecule has 0 unspecified atom stereocenters. The number of thiazole rings is 1. The molecule has 25 heavy (non-hydrogen) atoms. The smallest absolute Gasteiger partial charge is 0.279 e. The van der Waals surface area contributed by atoms with Crippen molar-refractivity contribution in [3.05, 3.63) is 52.6 Å². The van der Waals surface area contributed by atoms with Gasteiger partial charge in [0.15, 0.2) is 16.3 Å². The lowest BCUT2D eigenvalue weighted by Gasteiger charge is -2.18. The van der Waals surface area contributed by atoms with E-state index in [-0.39, 0.29) is 5.56 Å². The number of aryl methyl sites for hydroxylation is 1. The summed E-state index contributed by atoms with van der Waals surface area (Å²) in [4.78, 5) is 17.1. The number of benzene rings is 2. The van der Waals surface area contributed by atoms with E-state index in [0.29, 0.717) is 36.1 Å². The summed E-state index contributed by atoms with van der Waals surface area (Å²) >= 11 is 1.39. The van der Waals surface area contributed by atoms with Crippen molar-refractivity contribution in [1.29, 1.82) is 0 Å². The van der Waals surface area contributed by atoms with Gasteiger partial charge in [0.05, 0.1) is 10.2 Å². The molecule has 1 aliphatic heterocycles. The van der Waals surface area contributed by atoms with Gasteiger partial charge in [0, 0.05) is 24.2 Å². The fourth-order valence-corrected chi connectivity index (χ4v) is 3.87. The summed E-state index contributed by atoms with van der Waals surface area (Å²) in [5, 5.41) is 0. The standard InChI is InChI=1S/C18H15FN2O3S/c1-2-21-13-9-14-15(24-7-6-23-14)10-16(13)25-18(21)20-17(22)11-4-3-5-12(19)8-11/h3-5,8-10H,2,6-7H2,1H3. The van der Waals surface area contributed by atoms with Crippen LogP contribution in [0.25, 0.3) is 10.2 Å². The number of carbonyl (C=O) groups excluding carboxylic acids is 1. The predicted octanol–water partition coefficient (Wildman–Crippen LogP) is 3.37. The first-order chi connectivity index (χ1) is 12.2. The van der Waals surface area contributed by atoms with Crippen LogP contribution >= 0.6 is 11.3 Å². The minimum atomic E-state index is -0.467. The van der Waals surface area contributed by atoms with E-state index in [1.165, 1.54) is 29.5 Å². The highest BCUT2D eigenvalue weighted by molar-refractivity contribution is 7.16. The molecule has 0 bridgehead atoms. The second-order valence-electron chi connectivity index (χ2n) is 5.52. The molecule has 1 aromatic heterocycles. The molecule has 2 aromatic carbocycles. The molecule has 7 heteroatoms. The Kier molecular flexibility index (Phi) is 4.01. The minimum absolute atomic E-state index is 0.228. The van der Waals surface area contributed by atoms with Crippen LogP contribution in [0.4, 0.5) is 4.39 Å². The van der Waals surface area contributed by atoms with Gasteiger partial charge in [-0.25, -0.2) is 4.39 Å². The van der Waals surface area contributed by atoms with Crippen molar-refractivity contribution >= 4 is 27.5 Å². The molecule has 0 N–H and O–H groups in total. The zero-order valence-electron chi connectivity index (χ0n) is 13.5. The molecule has 0 radical (unpaired) electrons. The number of amides is 1. The van der Waals surface area contributed by atoms with Crippen molar-refractivity contribution in [2.45, 2.75) is 13.5 Å². The molecule has 2 heterocycles. The third-order valence-electron chi connectivity index (χ3n) is 3.93. The van der Waals surface area contributed by atoms with Crippen LogP contribution in [-0.2, 0) is 6.54 Å². The van der Waals surface area contributed by atoms with Crippen molar-refractivity contribution in [1.82, 2.24) is 4.57 Å². The van der Waals surface area contributed by atoms with Gasteiger partial charge in [-0.15, -0.1) is 0 Å². The Morgan fingerprint density at radius 1 is 1.24 bits per heavy atom. The lowest BCUT2D eigenvalue weighted by molar-refractivity contribution is 0.0997. The Morgan fingerprint density at radius 3 is 2.72 bits per heavy atom. The van der Waals surface area contributed by atoms with Gasteiger partial charge in [0.2, 0.25) is 0 Å². The maximum atomic E-state index is 13.3. The van der Waals surface area contributed by atoms with E-state index in [4.69, 9.17) is 9.47 Å². The van der Waals surface area contributed by atoms with Crippen LogP contribution < -0.4 is 14.3 Å². The molecular weight excluding hydrogens is 343 g/mol. The van der Waals surface area contributed by atoms with Crippen LogP contribution in [0.1, 0.15) is 17.3 Å². The minimum Gasteiger partial charge on any atom is -0.486 e. The predicted molar refractivity (Wildman–Crippen MR) is 92.8 cm³/mol. The Hall–Kier alpha value is -2.67. The monoisotopic (exact) mass is 358 g/mol. The second kappa shape index (κ2) is 6.33. The number of carbonyl (C=O) groups is 1. The molecule has 1 amide bonds.